The van der Waals surface area contributed by atoms with Crippen molar-refractivity contribution >= 4 is 29.0 Å². The number of anilines is 3. The Balaban J connectivity index is 1.29. The third-order valence-corrected chi connectivity index (χ3v) is 6.81. The van der Waals surface area contributed by atoms with Crippen LogP contribution >= 0.6 is 0 Å². The highest BCUT2D eigenvalue weighted by molar-refractivity contribution is 5.86. The second kappa shape index (κ2) is 7.77. The van der Waals surface area contributed by atoms with E-state index in [0.29, 0.717) is 24.2 Å². The molecule has 5 heterocycles. The van der Waals surface area contributed by atoms with Gasteiger partial charge < -0.3 is 20.9 Å². The van der Waals surface area contributed by atoms with Crippen LogP contribution in [-0.4, -0.2) is 67.3 Å². The number of amides is 1. The number of nitrogens with one attached hydrogen (secondary N) is 2. The standard InChI is InChI=1S/C22H29N9O/c23-15-4-1-9-29(13-15)21(32)18-6-2-10-30(18)22-25-20(17-5-3-11-31(17)28-22)24-19-12-16(26-27-19)14-7-8-14/h3,5,11-12,14-15,18H,1-2,4,6-10,13,23H2,(H2,24,25,26,27,28)/t15-,18-/m0/s1. The van der Waals surface area contributed by atoms with Crippen LogP contribution in [0.5, 0.6) is 0 Å². The summed E-state index contributed by atoms with van der Waals surface area (Å²) in [6.45, 7) is 2.18. The van der Waals surface area contributed by atoms with Crippen LogP contribution in [0.15, 0.2) is 24.4 Å². The number of likely N-dealkylation sites (tertiary alicyclic amines) is 1. The van der Waals surface area contributed by atoms with Crippen molar-refractivity contribution in [2.75, 3.05) is 29.9 Å². The van der Waals surface area contributed by atoms with E-state index in [9.17, 15) is 4.79 Å². The maximum absolute atomic E-state index is 13.3. The fourth-order valence-electron chi connectivity index (χ4n) is 4.95. The lowest BCUT2D eigenvalue weighted by atomic mass is 10.0. The predicted molar refractivity (Wildman–Crippen MR) is 121 cm³/mol. The Hall–Kier alpha value is -3.14. The molecule has 0 bridgehead atoms. The van der Waals surface area contributed by atoms with Crippen LogP contribution in [0.2, 0.25) is 0 Å². The molecule has 2 saturated heterocycles. The molecule has 0 spiro atoms. The number of aromatic amines is 1. The summed E-state index contributed by atoms with van der Waals surface area (Å²) in [5.74, 6) is 2.74. The number of piperidine rings is 1. The summed E-state index contributed by atoms with van der Waals surface area (Å²) in [5.41, 5.74) is 8.16. The van der Waals surface area contributed by atoms with Crippen molar-refractivity contribution in [3.8, 4) is 0 Å². The molecule has 1 saturated carbocycles. The topological polar surface area (TPSA) is 120 Å². The molecule has 0 aromatic carbocycles. The lowest BCUT2D eigenvalue weighted by Crippen LogP contribution is -2.52. The van der Waals surface area contributed by atoms with Crippen molar-refractivity contribution in [3.05, 3.63) is 30.1 Å². The first-order chi connectivity index (χ1) is 15.7. The van der Waals surface area contributed by atoms with Crippen LogP contribution in [0, 0.1) is 0 Å². The SMILES string of the molecule is N[C@H]1CCCN(C(=O)[C@@H]2CCCN2c2nc(Nc3cc(C4CC4)[nH]n3)c3cccn3n2)C1. The third-order valence-electron chi connectivity index (χ3n) is 6.81. The summed E-state index contributed by atoms with van der Waals surface area (Å²) < 4.78 is 1.82. The molecule has 168 valence electrons. The molecule has 1 aliphatic carbocycles. The summed E-state index contributed by atoms with van der Waals surface area (Å²) in [5, 5.41) is 15.6. The Morgan fingerprint density at radius 1 is 1.19 bits per heavy atom. The Kier molecular flexibility index (Phi) is 4.74. The van der Waals surface area contributed by atoms with Crippen molar-refractivity contribution in [2.45, 2.75) is 56.5 Å². The van der Waals surface area contributed by atoms with Crippen LogP contribution in [0.25, 0.3) is 5.52 Å². The Morgan fingerprint density at radius 3 is 2.91 bits per heavy atom. The van der Waals surface area contributed by atoms with Crippen LogP contribution in [-0.2, 0) is 4.79 Å². The molecule has 2 atom stereocenters. The fraction of sp³-hybridized carbons (Fsp3) is 0.545. The van der Waals surface area contributed by atoms with Gasteiger partial charge in [0.2, 0.25) is 11.9 Å². The van der Waals surface area contributed by atoms with Crippen LogP contribution in [0.3, 0.4) is 0 Å². The summed E-state index contributed by atoms with van der Waals surface area (Å²) in [7, 11) is 0. The van der Waals surface area contributed by atoms with Crippen molar-refractivity contribution in [2.24, 2.45) is 5.73 Å². The second-order valence-electron chi connectivity index (χ2n) is 9.24. The first kappa shape index (κ1) is 19.5. The van der Waals surface area contributed by atoms with Gasteiger partial charge in [-0.2, -0.15) is 10.1 Å². The monoisotopic (exact) mass is 435 g/mol. The van der Waals surface area contributed by atoms with Crippen molar-refractivity contribution < 1.29 is 4.79 Å². The van der Waals surface area contributed by atoms with Crippen LogP contribution < -0.4 is 16.0 Å². The quantitative estimate of drug-likeness (QED) is 0.560. The van der Waals surface area contributed by atoms with Crippen molar-refractivity contribution in [1.82, 2.24) is 29.7 Å². The molecule has 6 rings (SSSR count). The number of hydrogen-bond donors (Lipinski definition) is 3. The van der Waals surface area contributed by atoms with Gasteiger partial charge in [0, 0.05) is 49.6 Å². The van der Waals surface area contributed by atoms with Crippen molar-refractivity contribution in [3.63, 3.8) is 0 Å². The molecule has 3 aliphatic rings. The van der Waals surface area contributed by atoms with Gasteiger partial charge in [-0.1, -0.05) is 0 Å². The molecule has 3 aromatic rings. The molecule has 4 N–H and O–H groups in total. The molecular weight excluding hydrogens is 406 g/mol. The summed E-state index contributed by atoms with van der Waals surface area (Å²) >= 11 is 0. The number of aromatic nitrogens is 5. The second-order valence-corrected chi connectivity index (χ2v) is 9.24. The average Bonchev–Trinajstić information content (AvgIpc) is 3.19. The zero-order chi connectivity index (χ0) is 21.7. The molecule has 0 radical (unpaired) electrons. The first-order valence-corrected chi connectivity index (χ1v) is 11.6. The molecule has 2 aliphatic heterocycles. The van der Waals surface area contributed by atoms with E-state index in [1.807, 2.05) is 32.6 Å². The highest BCUT2D eigenvalue weighted by atomic mass is 16.2. The highest BCUT2D eigenvalue weighted by Gasteiger charge is 2.37. The summed E-state index contributed by atoms with van der Waals surface area (Å²) in [4.78, 5) is 22.1. The van der Waals surface area contributed by atoms with E-state index >= 15 is 0 Å². The lowest BCUT2D eigenvalue weighted by Gasteiger charge is -2.35. The minimum Gasteiger partial charge on any atom is -0.339 e. The number of rotatable bonds is 5. The molecule has 3 fully saturated rings. The molecule has 0 unspecified atom stereocenters. The number of carbonyl (C=O) groups is 1. The van der Waals surface area contributed by atoms with Gasteiger partial charge in [0.25, 0.3) is 0 Å². The van der Waals surface area contributed by atoms with Gasteiger partial charge >= 0.3 is 0 Å². The van der Waals surface area contributed by atoms with Crippen molar-refractivity contribution in [1.29, 1.82) is 0 Å². The van der Waals surface area contributed by atoms with E-state index in [-0.39, 0.29) is 18.0 Å². The Bertz CT molecular complexity index is 1130. The number of hydrogen-bond acceptors (Lipinski definition) is 7. The number of carbonyl (C=O) groups excluding carboxylic acids is 1. The number of H-pyrrole nitrogens is 1. The fourth-order valence-corrected chi connectivity index (χ4v) is 4.95. The van der Waals surface area contributed by atoms with E-state index in [4.69, 9.17) is 15.8 Å². The molecule has 10 nitrogen and oxygen atoms in total. The van der Waals surface area contributed by atoms with Gasteiger partial charge in [-0.3, -0.25) is 9.89 Å². The maximum Gasteiger partial charge on any atom is 0.246 e. The number of fused-ring (bicyclic) bond motifs is 1. The zero-order valence-electron chi connectivity index (χ0n) is 18.1. The molecule has 32 heavy (non-hydrogen) atoms. The van der Waals surface area contributed by atoms with E-state index < -0.39 is 0 Å². The average molecular weight is 436 g/mol. The Morgan fingerprint density at radius 2 is 2.06 bits per heavy atom. The zero-order valence-corrected chi connectivity index (χ0v) is 18.1. The molecule has 1 amide bonds. The van der Waals surface area contributed by atoms with Gasteiger partial charge in [0.15, 0.2) is 11.6 Å². The lowest BCUT2D eigenvalue weighted by molar-refractivity contribution is -0.133. The molecule has 3 aromatic heterocycles. The van der Waals surface area contributed by atoms with E-state index in [1.165, 1.54) is 12.8 Å². The third kappa shape index (κ3) is 3.58. The van der Waals surface area contributed by atoms with Gasteiger partial charge in [0.05, 0.1) is 0 Å². The predicted octanol–water partition coefficient (Wildman–Crippen LogP) is 1.99. The minimum absolute atomic E-state index is 0.0696. The van der Waals surface area contributed by atoms with Gasteiger partial charge in [-0.25, -0.2) is 4.52 Å². The van der Waals surface area contributed by atoms with Crippen LogP contribution in [0.1, 0.15) is 50.1 Å². The van der Waals surface area contributed by atoms with E-state index in [2.05, 4.69) is 21.6 Å². The number of nitrogens with zero attached hydrogens (tertiary/aromatic N) is 6. The normalized spacial score (nSPS) is 23.8. The molecule has 10 heteroatoms. The van der Waals surface area contributed by atoms with Gasteiger partial charge in [-0.05, 0) is 50.7 Å². The highest BCUT2D eigenvalue weighted by Crippen LogP contribution is 2.39. The largest absolute Gasteiger partial charge is 0.339 e. The minimum atomic E-state index is -0.243. The van der Waals surface area contributed by atoms with Crippen LogP contribution in [0.4, 0.5) is 17.6 Å². The number of nitrogens with two attached hydrogens (primary N) is 1. The summed E-state index contributed by atoms with van der Waals surface area (Å²) in [6, 6.07) is 5.80. The van der Waals surface area contributed by atoms with Gasteiger partial charge in [-0.15, -0.1) is 5.10 Å². The molecular formula is C22H29N9O. The van der Waals surface area contributed by atoms with Gasteiger partial charge in [0.1, 0.15) is 11.6 Å². The maximum atomic E-state index is 13.3. The smallest absolute Gasteiger partial charge is 0.246 e. The van der Waals surface area contributed by atoms with E-state index in [1.54, 1.807) is 0 Å². The Labute approximate surface area is 186 Å². The summed E-state index contributed by atoms with van der Waals surface area (Å²) in [6.07, 6.45) is 8.04. The first-order valence-electron chi connectivity index (χ1n) is 11.6. The van der Waals surface area contributed by atoms with E-state index in [0.717, 1.165) is 55.8 Å².